The molecule has 6 aliphatic rings. The Morgan fingerprint density at radius 2 is 1.37 bits per heavy atom. The molecule has 3 unspecified atom stereocenters. The smallest absolute Gasteiger partial charge is 0.137 e. The van der Waals surface area contributed by atoms with Gasteiger partial charge in [0, 0.05) is 74.3 Å². The van der Waals surface area contributed by atoms with Crippen molar-refractivity contribution in [2.75, 3.05) is 9.80 Å². The SMILES string of the molecule is C1=CCC(N(c2ccc3c(c2)Oc2ccc4c5c(ccc-3c25)OC2CC(N(C3=CCC5C=CC=CC5=C3)c3ccccc3)=CC=C42)c2ccccc2-c2ccccc2)C=C1. The van der Waals surface area contributed by atoms with Crippen LogP contribution in [-0.2, 0) is 0 Å². The first kappa shape index (κ1) is 34.7. The quantitative estimate of drug-likeness (QED) is 0.161. The van der Waals surface area contributed by atoms with Crippen LogP contribution in [0, 0.1) is 5.92 Å². The predicted octanol–water partition coefficient (Wildman–Crippen LogP) is 14.2. The summed E-state index contributed by atoms with van der Waals surface area (Å²) in [5, 5.41) is 2.24. The maximum atomic E-state index is 7.01. The molecule has 0 fully saturated rings. The Kier molecular flexibility index (Phi) is 8.22. The maximum absolute atomic E-state index is 7.01. The van der Waals surface area contributed by atoms with E-state index in [2.05, 4.69) is 210 Å². The van der Waals surface area contributed by atoms with Crippen LogP contribution < -0.4 is 19.3 Å². The minimum atomic E-state index is -0.113. The summed E-state index contributed by atoms with van der Waals surface area (Å²) in [6.45, 7) is 0. The van der Waals surface area contributed by atoms with Crippen molar-refractivity contribution in [1.29, 1.82) is 0 Å². The van der Waals surface area contributed by atoms with E-state index in [0.29, 0.717) is 5.92 Å². The summed E-state index contributed by atoms with van der Waals surface area (Å²) in [4.78, 5) is 4.89. The fourth-order valence-electron chi connectivity index (χ4n) is 9.99. The lowest BCUT2D eigenvalue weighted by molar-refractivity contribution is 0.255. The van der Waals surface area contributed by atoms with Crippen molar-refractivity contribution in [1.82, 2.24) is 0 Å². The fraction of sp³-hybridized carbons (Fsp3) is 0.107. The van der Waals surface area contributed by atoms with E-state index in [-0.39, 0.29) is 12.1 Å². The normalized spacial score (nSPS) is 20.0. The van der Waals surface area contributed by atoms with Gasteiger partial charge in [0.25, 0.3) is 0 Å². The third-order valence-corrected chi connectivity index (χ3v) is 12.8. The highest BCUT2D eigenvalue weighted by Gasteiger charge is 2.35. The molecular weight excluding hydrogens is 733 g/mol. The second kappa shape index (κ2) is 14.2. The van der Waals surface area contributed by atoms with Gasteiger partial charge >= 0.3 is 0 Å². The van der Waals surface area contributed by atoms with Gasteiger partial charge in [-0.3, -0.25) is 0 Å². The van der Waals surface area contributed by atoms with E-state index in [1.807, 2.05) is 0 Å². The van der Waals surface area contributed by atoms with Gasteiger partial charge in [-0.25, -0.2) is 0 Å². The zero-order chi connectivity index (χ0) is 39.6. The van der Waals surface area contributed by atoms with Crippen LogP contribution >= 0.6 is 0 Å². The molecule has 288 valence electrons. The van der Waals surface area contributed by atoms with Crippen LogP contribution in [0.15, 0.2) is 217 Å². The van der Waals surface area contributed by atoms with Gasteiger partial charge in [-0.2, -0.15) is 0 Å². The summed E-state index contributed by atoms with van der Waals surface area (Å²) in [5.74, 6) is 3.07. The average molecular weight is 775 g/mol. The Morgan fingerprint density at radius 3 is 2.25 bits per heavy atom. The summed E-state index contributed by atoms with van der Waals surface area (Å²) in [6, 6.07) is 45.8. The molecule has 6 aromatic rings. The first-order valence-corrected chi connectivity index (χ1v) is 21.1. The number of ether oxygens (including phenoxy) is 2. The van der Waals surface area contributed by atoms with Gasteiger partial charge in [0.15, 0.2) is 0 Å². The first-order valence-electron chi connectivity index (χ1n) is 21.1. The van der Waals surface area contributed by atoms with E-state index in [0.717, 1.165) is 64.2 Å². The van der Waals surface area contributed by atoms with Crippen molar-refractivity contribution in [2.45, 2.75) is 31.4 Å². The second-order valence-electron chi connectivity index (χ2n) is 16.2. The van der Waals surface area contributed by atoms with Gasteiger partial charge in [0.2, 0.25) is 0 Å². The van der Waals surface area contributed by atoms with Crippen molar-refractivity contribution in [3.63, 3.8) is 0 Å². The predicted molar refractivity (Wildman–Crippen MR) is 247 cm³/mol. The van der Waals surface area contributed by atoms with Gasteiger partial charge in [-0.05, 0) is 95.8 Å². The third kappa shape index (κ3) is 5.74. The number of nitrogens with zero attached hydrogens (tertiary/aromatic N) is 2. The lowest BCUT2D eigenvalue weighted by atomic mass is 9.83. The molecule has 4 aliphatic carbocycles. The largest absolute Gasteiger partial charge is 0.485 e. The number of benzene rings is 6. The Balaban J connectivity index is 0.924. The lowest BCUT2D eigenvalue weighted by Gasteiger charge is -2.38. The second-order valence-corrected chi connectivity index (χ2v) is 16.2. The van der Waals surface area contributed by atoms with Gasteiger partial charge in [-0.15, -0.1) is 0 Å². The molecular formula is C56H42N2O2. The van der Waals surface area contributed by atoms with E-state index >= 15 is 0 Å². The summed E-state index contributed by atoms with van der Waals surface area (Å²) in [5.41, 5.74) is 14.3. The van der Waals surface area contributed by atoms with E-state index in [4.69, 9.17) is 9.47 Å². The molecule has 12 rings (SSSR count). The minimum Gasteiger partial charge on any atom is -0.485 e. The molecule has 0 amide bonds. The van der Waals surface area contributed by atoms with E-state index in [1.165, 1.54) is 50.5 Å². The zero-order valence-corrected chi connectivity index (χ0v) is 33.1. The number of hydrogen-bond donors (Lipinski definition) is 0. The highest BCUT2D eigenvalue weighted by Crippen LogP contribution is 2.55. The topological polar surface area (TPSA) is 24.9 Å². The number of hydrogen-bond acceptors (Lipinski definition) is 4. The van der Waals surface area contributed by atoms with Crippen molar-refractivity contribution in [3.05, 3.63) is 223 Å². The molecule has 2 aliphatic heterocycles. The summed E-state index contributed by atoms with van der Waals surface area (Å²) < 4.78 is 13.9. The molecule has 0 N–H and O–H groups in total. The molecule has 0 saturated carbocycles. The van der Waals surface area contributed by atoms with Crippen LogP contribution in [0.1, 0.15) is 24.8 Å². The number of allylic oxidation sites excluding steroid dienone is 11. The standard InChI is InChI=1S/C56H42N2O2/c1-4-15-38(16-5-1)45-22-12-13-23-50(45)58(41-20-8-3-9-21-41)44-27-29-47-49-31-32-51-55-48(30-33-52(56(49)55)60-54(47)36-44)46-28-26-43(35-53(46)59-51)57(40-18-6-2-7-19-40)42-25-24-37-14-10-11-17-39(37)34-42/h1-20,22-23,25-34,36-37,41,53H,21,24,35H2. The number of para-hydroxylation sites is 2. The number of rotatable bonds is 7. The average Bonchev–Trinajstić information content (AvgIpc) is 3.31. The molecule has 0 saturated heterocycles. The molecule has 4 nitrogen and oxygen atoms in total. The van der Waals surface area contributed by atoms with Gasteiger partial charge < -0.3 is 19.3 Å². The van der Waals surface area contributed by atoms with E-state index in [1.54, 1.807) is 0 Å². The minimum absolute atomic E-state index is 0.113. The molecule has 3 atom stereocenters. The Bertz CT molecular complexity index is 2980. The van der Waals surface area contributed by atoms with Crippen LogP contribution in [0.5, 0.6) is 17.2 Å². The molecule has 6 aromatic carbocycles. The Hall–Kier alpha value is -7.30. The highest BCUT2D eigenvalue weighted by molar-refractivity contribution is 6.12. The number of anilines is 3. The van der Waals surface area contributed by atoms with Crippen molar-refractivity contribution in [2.24, 2.45) is 5.92 Å². The first-order chi connectivity index (χ1) is 29.7. The van der Waals surface area contributed by atoms with E-state index < -0.39 is 0 Å². The van der Waals surface area contributed by atoms with Crippen molar-refractivity contribution >= 4 is 33.4 Å². The maximum Gasteiger partial charge on any atom is 0.137 e. The fourth-order valence-corrected chi connectivity index (χ4v) is 9.99. The Labute approximate surface area is 351 Å². The molecule has 0 aromatic heterocycles. The summed E-state index contributed by atoms with van der Waals surface area (Å²) in [6.07, 6.45) is 29.6. The Morgan fingerprint density at radius 1 is 0.583 bits per heavy atom. The zero-order valence-electron chi connectivity index (χ0n) is 33.1. The molecule has 2 heterocycles. The summed E-state index contributed by atoms with van der Waals surface area (Å²) in [7, 11) is 0. The molecule has 0 bridgehead atoms. The van der Waals surface area contributed by atoms with Crippen molar-refractivity contribution < 1.29 is 9.47 Å². The van der Waals surface area contributed by atoms with E-state index in [9.17, 15) is 0 Å². The molecule has 0 spiro atoms. The van der Waals surface area contributed by atoms with Gasteiger partial charge in [-0.1, -0.05) is 134 Å². The molecule has 4 heteroatoms. The van der Waals surface area contributed by atoms with Crippen molar-refractivity contribution in [3.8, 4) is 39.5 Å². The van der Waals surface area contributed by atoms with Crippen LogP contribution in [0.3, 0.4) is 0 Å². The lowest BCUT2D eigenvalue weighted by Crippen LogP contribution is -2.31. The number of fused-ring (bicyclic) bond motifs is 5. The van der Waals surface area contributed by atoms with Crippen LogP contribution in [0.4, 0.5) is 17.1 Å². The molecule has 60 heavy (non-hydrogen) atoms. The monoisotopic (exact) mass is 774 g/mol. The molecule has 0 radical (unpaired) electrons. The highest BCUT2D eigenvalue weighted by atomic mass is 16.5. The van der Waals surface area contributed by atoms with Crippen LogP contribution in [0.25, 0.3) is 38.6 Å². The van der Waals surface area contributed by atoms with Crippen LogP contribution in [-0.4, -0.2) is 12.1 Å². The van der Waals surface area contributed by atoms with Gasteiger partial charge in [0.05, 0.1) is 6.04 Å². The van der Waals surface area contributed by atoms with Crippen LogP contribution in [0.2, 0.25) is 0 Å². The third-order valence-electron chi connectivity index (χ3n) is 12.8. The summed E-state index contributed by atoms with van der Waals surface area (Å²) >= 11 is 0. The van der Waals surface area contributed by atoms with Gasteiger partial charge in [0.1, 0.15) is 23.4 Å².